The van der Waals surface area contributed by atoms with Crippen LogP contribution in [-0.4, -0.2) is 28.8 Å². The molecule has 2 atom stereocenters. The van der Waals surface area contributed by atoms with Crippen LogP contribution in [0.25, 0.3) is 0 Å². The second-order valence-corrected chi connectivity index (χ2v) is 3.50. The maximum Gasteiger partial charge on any atom is 0.320 e. The standard InChI is InChI=1S/C11H15NO3/c12-10(11(14)15)9(7-13)6-8-4-2-1-3-5-8/h1-5,9-10,13H,6-7,12H2,(H,14,15). The van der Waals surface area contributed by atoms with E-state index >= 15 is 0 Å². The van der Waals surface area contributed by atoms with Gasteiger partial charge in [-0.3, -0.25) is 4.79 Å². The lowest BCUT2D eigenvalue weighted by atomic mass is 9.93. The molecule has 1 rings (SSSR count). The number of hydrogen-bond acceptors (Lipinski definition) is 3. The maximum atomic E-state index is 10.7. The zero-order chi connectivity index (χ0) is 11.3. The molecule has 0 aromatic heterocycles. The number of aliphatic carboxylic acids is 1. The van der Waals surface area contributed by atoms with Crippen molar-refractivity contribution in [2.75, 3.05) is 6.61 Å². The van der Waals surface area contributed by atoms with Gasteiger partial charge in [-0.05, 0) is 12.0 Å². The molecular weight excluding hydrogens is 194 g/mol. The fraction of sp³-hybridized carbons (Fsp3) is 0.364. The third-order valence-corrected chi connectivity index (χ3v) is 2.37. The first kappa shape index (κ1) is 11.7. The molecule has 4 heteroatoms. The topological polar surface area (TPSA) is 83.6 Å². The molecule has 0 aliphatic rings. The van der Waals surface area contributed by atoms with Gasteiger partial charge in [0.1, 0.15) is 6.04 Å². The minimum Gasteiger partial charge on any atom is -0.480 e. The number of nitrogens with two attached hydrogens (primary N) is 1. The van der Waals surface area contributed by atoms with E-state index in [0.717, 1.165) is 5.56 Å². The van der Waals surface area contributed by atoms with Gasteiger partial charge in [0.15, 0.2) is 0 Å². The lowest BCUT2D eigenvalue weighted by Crippen LogP contribution is -2.40. The van der Waals surface area contributed by atoms with Crippen LogP contribution >= 0.6 is 0 Å². The Labute approximate surface area is 88.3 Å². The van der Waals surface area contributed by atoms with E-state index in [-0.39, 0.29) is 6.61 Å². The third kappa shape index (κ3) is 3.34. The van der Waals surface area contributed by atoms with Crippen LogP contribution in [0.3, 0.4) is 0 Å². The summed E-state index contributed by atoms with van der Waals surface area (Å²) >= 11 is 0. The summed E-state index contributed by atoms with van der Waals surface area (Å²) in [5.74, 6) is -1.52. The predicted molar refractivity (Wildman–Crippen MR) is 56.3 cm³/mol. The van der Waals surface area contributed by atoms with Gasteiger partial charge in [-0.1, -0.05) is 30.3 Å². The Bertz CT molecular complexity index is 313. The van der Waals surface area contributed by atoms with Crippen molar-refractivity contribution in [1.82, 2.24) is 0 Å². The molecule has 0 saturated heterocycles. The molecule has 0 heterocycles. The molecule has 0 bridgehead atoms. The molecule has 0 fully saturated rings. The number of carboxylic acids is 1. The smallest absolute Gasteiger partial charge is 0.320 e. The summed E-state index contributed by atoms with van der Waals surface area (Å²) in [7, 11) is 0. The van der Waals surface area contributed by atoms with E-state index in [1.54, 1.807) is 0 Å². The molecule has 4 nitrogen and oxygen atoms in total. The Balaban J connectivity index is 2.66. The summed E-state index contributed by atoms with van der Waals surface area (Å²) in [6, 6.07) is 8.38. The van der Waals surface area contributed by atoms with Crippen molar-refractivity contribution in [3.8, 4) is 0 Å². The molecule has 15 heavy (non-hydrogen) atoms. The summed E-state index contributed by atoms with van der Waals surface area (Å²) in [5, 5.41) is 17.8. The molecule has 4 N–H and O–H groups in total. The summed E-state index contributed by atoms with van der Waals surface area (Å²) in [6.45, 7) is -0.220. The molecule has 0 amide bonds. The fourth-order valence-electron chi connectivity index (χ4n) is 1.42. The molecule has 0 saturated carbocycles. The van der Waals surface area contributed by atoms with Gasteiger partial charge in [-0.2, -0.15) is 0 Å². The number of aliphatic hydroxyl groups excluding tert-OH is 1. The van der Waals surface area contributed by atoms with E-state index in [1.807, 2.05) is 30.3 Å². The molecule has 82 valence electrons. The quantitative estimate of drug-likeness (QED) is 0.649. The number of aliphatic hydroxyl groups is 1. The van der Waals surface area contributed by atoms with E-state index in [9.17, 15) is 4.79 Å². The second kappa shape index (κ2) is 5.48. The van der Waals surface area contributed by atoms with Gasteiger partial charge in [0.05, 0.1) is 0 Å². The van der Waals surface area contributed by atoms with Crippen LogP contribution in [0.1, 0.15) is 5.56 Å². The Morgan fingerprint density at radius 2 is 1.93 bits per heavy atom. The minimum absolute atomic E-state index is 0.220. The number of rotatable bonds is 5. The molecule has 0 radical (unpaired) electrons. The van der Waals surface area contributed by atoms with Gasteiger partial charge in [-0.15, -0.1) is 0 Å². The molecule has 1 aromatic carbocycles. The first-order valence-electron chi connectivity index (χ1n) is 4.78. The molecule has 2 unspecified atom stereocenters. The lowest BCUT2D eigenvalue weighted by Gasteiger charge is -2.18. The number of benzene rings is 1. The Kier molecular flexibility index (Phi) is 4.27. The van der Waals surface area contributed by atoms with Crippen molar-refractivity contribution in [3.63, 3.8) is 0 Å². The first-order valence-corrected chi connectivity index (χ1v) is 4.78. The Morgan fingerprint density at radius 3 is 2.40 bits per heavy atom. The van der Waals surface area contributed by atoms with E-state index in [0.29, 0.717) is 6.42 Å². The first-order chi connectivity index (χ1) is 7.15. The summed E-state index contributed by atoms with van der Waals surface area (Å²) in [6.07, 6.45) is 0.477. The third-order valence-electron chi connectivity index (χ3n) is 2.37. The molecule has 0 aliphatic heterocycles. The Morgan fingerprint density at radius 1 is 1.33 bits per heavy atom. The van der Waals surface area contributed by atoms with Crippen molar-refractivity contribution in [3.05, 3.63) is 35.9 Å². The highest BCUT2D eigenvalue weighted by molar-refractivity contribution is 5.73. The van der Waals surface area contributed by atoms with Crippen molar-refractivity contribution in [2.24, 2.45) is 11.7 Å². The van der Waals surface area contributed by atoms with Crippen molar-refractivity contribution < 1.29 is 15.0 Å². The molecule has 1 aromatic rings. The molecule has 0 spiro atoms. The van der Waals surface area contributed by atoms with Crippen LogP contribution in [0.4, 0.5) is 0 Å². The van der Waals surface area contributed by atoms with Crippen LogP contribution in [0, 0.1) is 5.92 Å². The van der Waals surface area contributed by atoms with Crippen LogP contribution in [0.2, 0.25) is 0 Å². The van der Waals surface area contributed by atoms with Gasteiger partial charge in [0.25, 0.3) is 0 Å². The van der Waals surface area contributed by atoms with Crippen LogP contribution < -0.4 is 5.73 Å². The van der Waals surface area contributed by atoms with Gasteiger partial charge in [0, 0.05) is 12.5 Å². The number of carboxylic acid groups (broad SMARTS) is 1. The van der Waals surface area contributed by atoms with Crippen LogP contribution in [0.15, 0.2) is 30.3 Å². The highest BCUT2D eigenvalue weighted by Crippen LogP contribution is 2.11. The summed E-state index contributed by atoms with van der Waals surface area (Å²) in [5.41, 5.74) is 6.44. The van der Waals surface area contributed by atoms with Gasteiger partial charge < -0.3 is 15.9 Å². The largest absolute Gasteiger partial charge is 0.480 e. The van der Waals surface area contributed by atoms with Gasteiger partial charge in [0.2, 0.25) is 0 Å². The fourth-order valence-corrected chi connectivity index (χ4v) is 1.42. The number of carbonyl (C=O) groups is 1. The van der Waals surface area contributed by atoms with E-state index < -0.39 is 17.9 Å². The molecular formula is C11H15NO3. The van der Waals surface area contributed by atoms with E-state index in [4.69, 9.17) is 15.9 Å². The van der Waals surface area contributed by atoms with Gasteiger partial charge in [-0.25, -0.2) is 0 Å². The van der Waals surface area contributed by atoms with Crippen molar-refractivity contribution in [1.29, 1.82) is 0 Å². The highest BCUT2D eigenvalue weighted by Gasteiger charge is 2.23. The average Bonchev–Trinajstić information content (AvgIpc) is 2.26. The van der Waals surface area contributed by atoms with Gasteiger partial charge >= 0.3 is 5.97 Å². The zero-order valence-corrected chi connectivity index (χ0v) is 8.34. The van der Waals surface area contributed by atoms with Crippen LogP contribution in [0.5, 0.6) is 0 Å². The average molecular weight is 209 g/mol. The Hall–Kier alpha value is -1.39. The summed E-state index contributed by atoms with van der Waals surface area (Å²) in [4.78, 5) is 10.7. The second-order valence-electron chi connectivity index (χ2n) is 3.50. The maximum absolute atomic E-state index is 10.7. The number of hydrogen-bond donors (Lipinski definition) is 3. The van der Waals surface area contributed by atoms with E-state index in [2.05, 4.69) is 0 Å². The monoisotopic (exact) mass is 209 g/mol. The SMILES string of the molecule is NC(C(=O)O)C(CO)Cc1ccccc1. The predicted octanol–water partition coefficient (Wildman–Crippen LogP) is 0.249. The lowest BCUT2D eigenvalue weighted by molar-refractivity contribution is -0.140. The minimum atomic E-state index is -1.08. The normalized spacial score (nSPS) is 14.5. The summed E-state index contributed by atoms with van der Waals surface area (Å²) < 4.78 is 0. The molecule has 0 aliphatic carbocycles. The van der Waals surface area contributed by atoms with E-state index in [1.165, 1.54) is 0 Å². The van der Waals surface area contributed by atoms with Crippen molar-refractivity contribution in [2.45, 2.75) is 12.5 Å². The zero-order valence-electron chi connectivity index (χ0n) is 8.34. The van der Waals surface area contributed by atoms with Crippen LogP contribution in [-0.2, 0) is 11.2 Å². The van der Waals surface area contributed by atoms with Crippen molar-refractivity contribution >= 4 is 5.97 Å². The highest BCUT2D eigenvalue weighted by atomic mass is 16.4.